The van der Waals surface area contributed by atoms with Crippen LogP contribution in [0.3, 0.4) is 0 Å². The monoisotopic (exact) mass is 534 g/mol. The molecule has 0 aromatic heterocycles. The number of quaternary nitrogens is 2. The third kappa shape index (κ3) is 5.97. The van der Waals surface area contributed by atoms with Crippen LogP contribution in [0.15, 0.2) is 57.5 Å². The molecule has 2 nitrogen and oxygen atoms in total. The van der Waals surface area contributed by atoms with Gasteiger partial charge in [-0.15, -0.1) is 0 Å². The molecule has 0 saturated carbocycles. The maximum Gasteiger partial charge on any atom is 0.129 e. The van der Waals surface area contributed by atoms with Crippen molar-refractivity contribution in [1.82, 2.24) is 0 Å². The molecule has 2 aromatic rings. The Balaban J connectivity index is 1.50. The van der Waals surface area contributed by atoms with E-state index in [1.807, 2.05) is 0 Å². The smallest absolute Gasteiger partial charge is 0.129 e. The van der Waals surface area contributed by atoms with E-state index in [1.54, 1.807) is 0 Å². The number of hydrogen-bond donors (Lipinski definition) is 0. The van der Waals surface area contributed by atoms with Gasteiger partial charge >= 0.3 is 0 Å². The minimum Gasteiger partial charge on any atom is -0.315 e. The maximum absolute atomic E-state index is 3.60. The van der Waals surface area contributed by atoms with Crippen LogP contribution in [0.1, 0.15) is 49.7 Å². The summed E-state index contributed by atoms with van der Waals surface area (Å²) in [5.41, 5.74) is 3.00. The van der Waals surface area contributed by atoms with Gasteiger partial charge in [-0.2, -0.15) is 0 Å². The summed E-state index contributed by atoms with van der Waals surface area (Å²) >= 11 is 7.20. The predicted molar refractivity (Wildman–Crippen MR) is 133 cm³/mol. The largest absolute Gasteiger partial charge is 0.315 e. The molecular formula is C26H36Br2N2+2. The Morgan fingerprint density at radius 2 is 0.833 bits per heavy atom. The lowest BCUT2D eigenvalue weighted by molar-refractivity contribution is -0.997. The molecule has 30 heavy (non-hydrogen) atoms. The summed E-state index contributed by atoms with van der Waals surface area (Å²) < 4.78 is 4.96. The van der Waals surface area contributed by atoms with Gasteiger partial charge in [0.25, 0.3) is 0 Å². The van der Waals surface area contributed by atoms with Crippen molar-refractivity contribution >= 4 is 31.9 Å². The molecule has 2 aliphatic heterocycles. The number of benzene rings is 2. The zero-order valence-corrected chi connectivity index (χ0v) is 21.3. The second kappa shape index (κ2) is 10.3. The van der Waals surface area contributed by atoms with E-state index in [4.69, 9.17) is 0 Å². The first kappa shape index (κ1) is 22.5. The minimum absolute atomic E-state index is 1.18. The topological polar surface area (TPSA) is 0 Å². The molecule has 4 rings (SSSR count). The van der Waals surface area contributed by atoms with Crippen LogP contribution < -0.4 is 0 Å². The molecule has 0 amide bonds. The van der Waals surface area contributed by atoms with Gasteiger partial charge in [0, 0.05) is 20.1 Å². The first-order chi connectivity index (χ1) is 14.6. The van der Waals surface area contributed by atoms with E-state index in [-0.39, 0.29) is 0 Å². The quantitative estimate of drug-likeness (QED) is 0.338. The van der Waals surface area contributed by atoms with Crippen LogP contribution >= 0.6 is 31.9 Å². The molecule has 2 saturated heterocycles. The van der Waals surface area contributed by atoms with Gasteiger partial charge in [0.15, 0.2) is 0 Å². The Hall–Kier alpha value is -0.680. The van der Waals surface area contributed by atoms with Crippen molar-refractivity contribution in [3.05, 3.63) is 68.6 Å². The molecule has 4 heteroatoms. The Morgan fingerprint density at radius 1 is 0.500 bits per heavy atom. The molecule has 162 valence electrons. The van der Waals surface area contributed by atoms with Crippen molar-refractivity contribution < 1.29 is 8.97 Å². The Kier molecular flexibility index (Phi) is 7.72. The molecule has 2 heterocycles. The Labute approximate surface area is 199 Å². The van der Waals surface area contributed by atoms with E-state index in [0.717, 1.165) is 0 Å². The van der Waals surface area contributed by atoms with Crippen LogP contribution in [0.25, 0.3) is 0 Å². The molecule has 0 aliphatic carbocycles. The highest BCUT2D eigenvalue weighted by molar-refractivity contribution is 9.10. The van der Waals surface area contributed by atoms with Gasteiger partial charge < -0.3 is 8.97 Å². The Morgan fingerprint density at radius 3 is 1.17 bits per heavy atom. The van der Waals surface area contributed by atoms with Crippen LogP contribution in [0, 0.1) is 0 Å². The van der Waals surface area contributed by atoms with E-state index in [1.165, 1.54) is 120 Å². The summed E-state index contributed by atoms with van der Waals surface area (Å²) in [5.74, 6) is 0. The minimum atomic E-state index is 1.18. The second-order valence-corrected chi connectivity index (χ2v) is 11.5. The number of hydrogen-bond acceptors (Lipinski definition) is 0. The fourth-order valence-electron chi connectivity index (χ4n) is 5.67. The zero-order chi connectivity index (χ0) is 20.9. The van der Waals surface area contributed by atoms with E-state index in [0.29, 0.717) is 0 Å². The lowest BCUT2D eigenvalue weighted by Gasteiger charge is -2.47. The fraction of sp³-hybridized carbons (Fsp3) is 0.538. The number of piperidine rings is 2. The average molecular weight is 536 g/mol. The van der Waals surface area contributed by atoms with Gasteiger partial charge in [-0.3, -0.25) is 0 Å². The predicted octanol–water partition coefficient (Wildman–Crippen LogP) is 6.91. The zero-order valence-electron chi connectivity index (χ0n) is 18.2. The number of likely N-dealkylation sites (tertiary alicyclic amines) is 2. The first-order valence-corrected chi connectivity index (χ1v) is 13.3. The summed E-state index contributed by atoms with van der Waals surface area (Å²) in [5, 5.41) is 0. The van der Waals surface area contributed by atoms with Crippen LogP contribution in [0.2, 0.25) is 0 Å². The van der Waals surface area contributed by atoms with E-state index < -0.39 is 0 Å². The van der Waals surface area contributed by atoms with Gasteiger partial charge in [0.2, 0.25) is 0 Å². The standard InChI is InChI=1S/C26H36Br2N2/c27-25-11-7-23(8-12-25)21-29(15-3-1-4-16-29)19-20-30(17-5-2-6-18-30)22-24-9-13-26(28)14-10-24/h7-14H,1-6,15-22H2/q+2. The third-order valence-corrected chi connectivity index (χ3v) is 8.50. The fourth-order valence-corrected chi connectivity index (χ4v) is 6.19. The van der Waals surface area contributed by atoms with Crippen molar-refractivity contribution in [2.45, 2.75) is 51.6 Å². The summed E-state index contributed by atoms with van der Waals surface area (Å²) in [6.07, 6.45) is 8.40. The molecule has 0 spiro atoms. The number of rotatable bonds is 7. The molecule has 2 fully saturated rings. The lowest BCUT2D eigenvalue weighted by atomic mass is 10.0. The highest BCUT2D eigenvalue weighted by atomic mass is 79.9. The normalized spacial score (nSPS) is 20.7. The molecule has 0 atom stereocenters. The van der Waals surface area contributed by atoms with Crippen LogP contribution in [-0.4, -0.2) is 48.2 Å². The third-order valence-electron chi connectivity index (χ3n) is 7.44. The Bertz CT molecular complexity index is 719. The highest BCUT2D eigenvalue weighted by Crippen LogP contribution is 2.28. The molecule has 0 radical (unpaired) electrons. The summed E-state index contributed by atoms with van der Waals surface area (Å²) in [7, 11) is 0. The van der Waals surface area contributed by atoms with Crippen LogP contribution in [0.5, 0.6) is 0 Å². The summed E-state index contributed by atoms with van der Waals surface area (Å²) in [6.45, 7) is 10.5. The van der Waals surface area contributed by atoms with E-state index >= 15 is 0 Å². The average Bonchev–Trinajstić information content (AvgIpc) is 2.77. The lowest BCUT2D eigenvalue weighted by Crippen LogP contribution is -2.59. The van der Waals surface area contributed by atoms with Crippen molar-refractivity contribution in [3.63, 3.8) is 0 Å². The molecular weight excluding hydrogens is 500 g/mol. The maximum atomic E-state index is 3.60. The van der Waals surface area contributed by atoms with Gasteiger partial charge in [0.1, 0.15) is 26.2 Å². The summed E-state index contributed by atoms with van der Waals surface area (Å²) in [6, 6.07) is 18.1. The van der Waals surface area contributed by atoms with Gasteiger partial charge in [0.05, 0.1) is 26.2 Å². The van der Waals surface area contributed by atoms with Gasteiger partial charge in [-0.05, 0) is 62.8 Å². The number of nitrogens with zero attached hydrogens (tertiary/aromatic N) is 2. The molecule has 2 aromatic carbocycles. The van der Waals surface area contributed by atoms with Crippen molar-refractivity contribution in [2.24, 2.45) is 0 Å². The molecule has 0 N–H and O–H groups in total. The van der Waals surface area contributed by atoms with Crippen molar-refractivity contribution in [3.8, 4) is 0 Å². The second-order valence-electron chi connectivity index (χ2n) is 9.72. The van der Waals surface area contributed by atoms with Crippen molar-refractivity contribution in [1.29, 1.82) is 0 Å². The van der Waals surface area contributed by atoms with Gasteiger partial charge in [-0.1, -0.05) is 56.1 Å². The van der Waals surface area contributed by atoms with Crippen LogP contribution in [0.4, 0.5) is 0 Å². The summed E-state index contributed by atoms with van der Waals surface area (Å²) in [4.78, 5) is 0. The van der Waals surface area contributed by atoms with Crippen molar-refractivity contribution in [2.75, 3.05) is 39.3 Å². The SMILES string of the molecule is Brc1ccc(C[N+]2(CC[N+]3(Cc4ccc(Br)cc4)CCCCC3)CCCCC2)cc1. The molecule has 0 bridgehead atoms. The van der Waals surface area contributed by atoms with Crippen LogP contribution in [-0.2, 0) is 13.1 Å². The number of halogens is 2. The van der Waals surface area contributed by atoms with E-state index in [2.05, 4.69) is 80.4 Å². The molecule has 0 unspecified atom stereocenters. The first-order valence-electron chi connectivity index (χ1n) is 11.8. The molecule has 2 aliphatic rings. The van der Waals surface area contributed by atoms with Gasteiger partial charge in [-0.25, -0.2) is 0 Å². The highest BCUT2D eigenvalue weighted by Gasteiger charge is 2.37. The van der Waals surface area contributed by atoms with E-state index in [9.17, 15) is 0 Å².